The van der Waals surface area contributed by atoms with Crippen LogP contribution in [0.15, 0.2) is 29.4 Å². The maximum atomic E-state index is 12.0. The van der Waals surface area contributed by atoms with Crippen LogP contribution >= 0.6 is 11.8 Å². The van der Waals surface area contributed by atoms with E-state index in [9.17, 15) is 9.59 Å². The summed E-state index contributed by atoms with van der Waals surface area (Å²) in [5, 5.41) is 11.4. The molecule has 126 valence electrons. The van der Waals surface area contributed by atoms with Crippen LogP contribution in [0.1, 0.15) is 0 Å². The number of thioether (sulfide) groups is 1. The Morgan fingerprint density at radius 3 is 2.88 bits per heavy atom. The first-order chi connectivity index (χ1) is 11.6. The number of hydrogen-bond acceptors (Lipinski definition) is 8. The van der Waals surface area contributed by atoms with Crippen molar-refractivity contribution in [1.29, 1.82) is 0 Å². The van der Waals surface area contributed by atoms with Crippen molar-refractivity contribution in [2.75, 3.05) is 12.4 Å². The number of amides is 2. The Bertz CT molecular complexity index is 752. The first-order valence-electron chi connectivity index (χ1n) is 6.96. The number of carbonyl (C=O) groups excluding carboxylic acids is 2. The van der Waals surface area contributed by atoms with Gasteiger partial charge < -0.3 is 9.47 Å². The molecule has 0 aliphatic carbocycles. The fourth-order valence-electron chi connectivity index (χ4n) is 1.87. The van der Waals surface area contributed by atoms with Gasteiger partial charge in [-0.25, -0.2) is 4.68 Å². The van der Waals surface area contributed by atoms with Crippen molar-refractivity contribution in [1.82, 2.24) is 31.1 Å². The van der Waals surface area contributed by atoms with E-state index in [0.717, 1.165) is 11.8 Å². The molecule has 0 bridgehead atoms. The van der Waals surface area contributed by atoms with E-state index >= 15 is 0 Å². The number of aromatic nitrogens is 4. The molecule has 1 aromatic carbocycles. The summed E-state index contributed by atoms with van der Waals surface area (Å²) in [5.41, 5.74) is 4.63. The molecule has 2 N–H and O–H groups in total. The molecular weight excluding hydrogens is 336 g/mol. The van der Waals surface area contributed by atoms with Gasteiger partial charge in [0.05, 0.1) is 5.75 Å². The van der Waals surface area contributed by atoms with Gasteiger partial charge in [0.25, 0.3) is 5.91 Å². The van der Waals surface area contributed by atoms with Crippen LogP contribution in [0.4, 0.5) is 0 Å². The molecular formula is C13H14N6O4S. The second kappa shape index (κ2) is 7.17. The largest absolute Gasteiger partial charge is 0.485 e. The number of hydrogen-bond donors (Lipinski definition) is 2. The summed E-state index contributed by atoms with van der Waals surface area (Å²) in [7, 11) is 1.67. The van der Waals surface area contributed by atoms with Crippen LogP contribution in [0, 0.1) is 0 Å². The van der Waals surface area contributed by atoms with Crippen LogP contribution in [0.25, 0.3) is 0 Å². The Balaban J connectivity index is 1.44. The smallest absolute Gasteiger partial charge is 0.283 e. The maximum absolute atomic E-state index is 12.0. The van der Waals surface area contributed by atoms with Crippen LogP contribution in [0.2, 0.25) is 0 Å². The predicted molar refractivity (Wildman–Crippen MR) is 82.2 cm³/mol. The van der Waals surface area contributed by atoms with E-state index < -0.39 is 17.9 Å². The third-order valence-corrected chi connectivity index (χ3v) is 4.05. The number of para-hydroxylation sites is 2. The van der Waals surface area contributed by atoms with Gasteiger partial charge in [-0.2, -0.15) is 0 Å². The van der Waals surface area contributed by atoms with Crippen LogP contribution in [0.3, 0.4) is 0 Å². The molecule has 3 rings (SSSR count). The van der Waals surface area contributed by atoms with E-state index in [1.165, 1.54) is 4.68 Å². The van der Waals surface area contributed by atoms with Crippen molar-refractivity contribution in [2.45, 2.75) is 11.3 Å². The van der Waals surface area contributed by atoms with Crippen molar-refractivity contribution in [2.24, 2.45) is 7.05 Å². The number of nitrogens with zero attached hydrogens (tertiary/aromatic N) is 4. The zero-order valence-electron chi connectivity index (χ0n) is 12.6. The van der Waals surface area contributed by atoms with Gasteiger partial charge in [0.1, 0.15) is 6.61 Å². The van der Waals surface area contributed by atoms with Gasteiger partial charge in [-0.15, -0.1) is 5.10 Å². The summed E-state index contributed by atoms with van der Waals surface area (Å²) in [6, 6.07) is 7.05. The molecule has 1 aliphatic heterocycles. The summed E-state index contributed by atoms with van der Waals surface area (Å²) < 4.78 is 12.4. The lowest BCUT2D eigenvalue weighted by Gasteiger charge is -2.25. The minimum absolute atomic E-state index is 0.0549. The van der Waals surface area contributed by atoms with E-state index in [-0.39, 0.29) is 12.4 Å². The molecule has 24 heavy (non-hydrogen) atoms. The van der Waals surface area contributed by atoms with Gasteiger partial charge in [-0.3, -0.25) is 20.4 Å². The number of nitrogens with one attached hydrogen (secondary N) is 2. The molecule has 2 heterocycles. The lowest BCUT2D eigenvalue weighted by molar-refractivity contribution is -0.134. The minimum atomic E-state index is -0.837. The van der Waals surface area contributed by atoms with E-state index in [1.807, 2.05) is 6.07 Å². The number of benzene rings is 1. The number of aryl methyl sites for hydroxylation is 1. The molecule has 1 aromatic heterocycles. The van der Waals surface area contributed by atoms with E-state index in [1.54, 1.807) is 25.2 Å². The fourth-order valence-corrected chi connectivity index (χ4v) is 2.52. The first-order valence-corrected chi connectivity index (χ1v) is 7.94. The van der Waals surface area contributed by atoms with Crippen molar-refractivity contribution in [3.05, 3.63) is 24.3 Å². The summed E-state index contributed by atoms with van der Waals surface area (Å²) in [6.45, 7) is 0.0675. The second-order valence-corrected chi connectivity index (χ2v) is 5.72. The standard InChI is InChI=1S/C13H14N6O4S/c1-19-13(16-17-18-19)24-7-11(20)14-15-12(21)10-6-22-8-4-2-3-5-9(8)23-10/h2-5,10H,6-7H2,1H3,(H,14,20)(H,15,21)/t10-/m0/s1. The van der Waals surface area contributed by atoms with Gasteiger partial charge >= 0.3 is 0 Å². The van der Waals surface area contributed by atoms with Gasteiger partial charge in [0.2, 0.25) is 17.2 Å². The third kappa shape index (κ3) is 3.74. The second-order valence-electron chi connectivity index (χ2n) is 4.78. The Morgan fingerprint density at radius 1 is 1.33 bits per heavy atom. The lowest BCUT2D eigenvalue weighted by atomic mass is 10.2. The molecule has 0 fully saturated rings. The maximum Gasteiger partial charge on any atom is 0.283 e. The molecule has 11 heteroatoms. The summed E-state index contributed by atoms with van der Waals surface area (Å²) >= 11 is 1.15. The van der Waals surface area contributed by atoms with Gasteiger partial charge in [0, 0.05) is 7.05 Å². The predicted octanol–water partition coefficient (Wildman–Crippen LogP) is -0.710. The molecule has 0 saturated heterocycles. The van der Waals surface area contributed by atoms with Crippen molar-refractivity contribution >= 4 is 23.6 Å². The minimum Gasteiger partial charge on any atom is -0.485 e. The average Bonchev–Trinajstić information content (AvgIpc) is 3.02. The normalized spacial score (nSPS) is 15.6. The molecule has 2 aromatic rings. The lowest BCUT2D eigenvalue weighted by Crippen LogP contribution is -2.51. The number of tetrazole rings is 1. The van der Waals surface area contributed by atoms with Crippen LogP contribution in [-0.2, 0) is 16.6 Å². The Kier molecular flexibility index (Phi) is 4.79. The molecule has 2 amide bonds. The van der Waals surface area contributed by atoms with Gasteiger partial charge in [-0.1, -0.05) is 23.9 Å². The zero-order valence-corrected chi connectivity index (χ0v) is 13.4. The first kappa shape index (κ1) is 16.1. The van der Waals surface area contributed by atoms with Gasteiger partial charge in [-0.05, 0) is 22.6 Å². The summed E-state index contributed by atoms with van der Waals surface area (Å²) in [5.74, 6) is 0.232. The number of hydrazine groups is 1. The highest BCUT2D eigenvalue weighted by Gasteiger charge is 2.27. The highest BCUT2D eigenvalue weighted by Crippen LogP contribution is 2.30. The zero-order chi connectivity index (χ0) is 16.9. The number of carbonyl (C=O) groups is 2. The molecule has 0 saturated carbocycles. The number of rotatable bonds is 4. The Morgan fingerprint density at radius 2 is 2.12 bits per heavy atom. The molecule has 1 atom stereocenters. The quantitative estimate of drug-likeness (QED) is 0.548. The van der Waals surface area contributed by atoms with Crippen LogP contribution in [-0.4, -0.2) is 50.5 Å². The third-order valence-electron chi connectivity index (χ3n) is 3.04. The van der Waals surface area contributed by atoms with Crippen LogP contribution < -0.4 is 20.3 Å². The highest BCUT2D eigenvalue weighted by atomic mass is 32.2. The van der Waals surface area contributed by atoms with Gasteiger partial charge in [0.15, 0.2) is 11.5 Å². The molecule has 1 aliphatic rings. The van der Waals surface area contributed by atoms with Crippen molar-refractivity contribution < 1.29 is 19.1 Å². The van der Waals surface area contributed by atoms with E-state index in [0.29, 0.717) is 16.7 Å². The summed E-state index contributed by atoms with van der Waals surface area (Å²) in [4.78, 5) is 23.8. The Labute approximate surface area is 140 Å². The monoisotopic (exact) mass is 350 g/mol. The fraction of sp³-hybridized carbons (Fsp3) is 0.308. The van der Waals surface area contributed by atoms with E-state index in [4.69, 9.17) is 9.47 Å². The average molecular weight is 350 g/mol. The Hall–Kier alpha value is -2.82. The van der Waals surface area contributed by atoms with Crippen molar-refractivity contribution in [3.63, 3.8) is 0 Å². The SMILES string of the molecule is Cn1nnnc1SCC(=O)NNC(=O)[C@@H]1COc2ccccc2O1. The number of ether oxygens (including phenoxy) is 2. The van der Waals surface area contributed by atoms with Crippen LogP contribution in [0.5, 0.6) is 11.5 Å². The molecule has 10 nitrogen and oxygen atoms in total. The topological polar surface area (TPSA) is 120 Å². The highest BCUT2D eigenvalue weighted by molar-refractivity contribution is 7.99. The molecule has 0 spiro atoms. The molecule has 0 radical (unpaired) electrons. The molecule has 0 unspecified atom stereocenters. The van der Waals surface area contributed by atoms with E-state index in [2.05, 4.69) is 26.4 Å². The number of fused-ring (bicyclic) bond motifs is 1. The summed E-state index contributed by atoms with van der Waals surface area (Å²) in [6.07, 6.45) is -0.837. The van der Waals surface area contributed by atoms with Crippen molar-refractivity contribution in [3.8, 4) is 11.5 Å².